The van der Waals surface area contributed by atoms with Crippen LogP contribution in [-0.2, 0) is 13.5 Å². The van der Waals surface area contributed by atoms with Gasteiger partial charge in [-0.15, -0.1) is 0 Å². The molecule has 0 aromatic carbocycles. The van der Waals surface area contributed by atoms with Gasteiger partial charge in [0.2, 0.25) is 5.91 Å². The molecule has 1 fully saturated rings. The van der Waals surface area contributed by atoms with Crippen molar-refractivity contribution < 1.29 is 4.79 Å². The van der Waals surface area contributed by atoms with Crippen molar-refractivity contribution in [1.29, 1.82) is 0 Å². The van der Waals surface area contributed by atoms with Gasteiger partial charge < -0.3 is 10.6 Å². The summed E-state index contributed by atoms with van der Waals surface area (Å²) in [6.07, 6.45) is 7.54. The summed E-state index contributed by atoms with van der Waals surface area (Å²) in [5, 5.41) is 4.67. The number of rotatable bonds is 4. The quantitative estimate of drug-likeness (QED) is 0.929. The molecular weight excluding hydrogens is 302 g/mol. The Morgan fingerprint density at radius 2 is 2.32 bits per heavy atom. The third-order valence-electron chi connectivity index (χ3n) is 3.97. The summed E-state index contributed by atoms with van der Waals surface area (Å²) >= 11 is 6.24. The van der Waals surface area contributed by atoms with Gasteiger partial charge in [0.25, 0.3) is 0 Å². The van der Waals surface area contributed by atoms with Crippen LogP contribution in [0.4, 0.5) is 5.82 Å². The molecule has 0 saturated carbocycles. The predicted molar refractivity (Wildman–Crippen MR) is 85.0 cm³/mol. The first-order chi connectivity index (χ1) is 10.5. The van der Waals surface area contributed by atoms with E-state index >= 15 is 0 Å². The van der Waals surface area contributed by atoms with Crippen molar-refractivity contribution in [3.8, 4) is 0 Å². The predicted octanol–water partition coefficient (Wildman–Crippen LogP) is 1.64. The second-order valence-corrected chi connectivity index (χ2v) is 6.13. The molecule has 7 heteroatoms. The number of aromatic nitrogens is 3. The topological polar surface area (TPSA) is 77.0 Å². The van der Waals surface area contributed by atoms with Gasteiger partial charge in [0.15, 0.2) is 0 Å². The molecule has 1 unspecified atom stereocenters. The van der Waals surface area contributed by atoms with Gasteiger partial charge in [0.1, 0.15) is 5.82 Å². The van der Waals surface area contributed by atoms with E-state index in [0.717, 1.165) is 31.7 Å². The van der Waals surface area contributed by atoms with Crippen LogP contribution in [0.2, 0.25) is 5.02 Å². The first-order valence-corrected chi connectivity index (χ1v) is 7.58. The first-order valence-electron chi connectivity index (χ1n) is 7.20. The van der Waals surface area contributed by atoms with Crippen LogP contribution in [0, 0.1) is 5.92 Å². The van der Waals surface area contributed by atoms with Crippen LogP contribution >= 0.6 is 11.6 Å². The average Bonchev–Trinajstić information content (AvgIpc) is 3.08. The number of aryl methyl sites for hydroxylation is 1. The fraction of sp³-hybridized carbons (Fsp3) is 0.400. The molecule has 0 aliphatic carbocycles. The fourth-order valence-electron chi connectivity index (χ4n) is 2.90. The Balaban J connectivity index is 1.68. The van der Waals surface area contributed by atoms with E-state index < -0.39 is 5.91 Å². The molecule has 1 amide bonds. The van der Waals surface area contributed by atoms with Crippen LogP contribution in [0.5, 0.6) is 0 Å². The van der Waals surface area contributed by atoms with Crippen LogP contribution in [0.15, 0.2) is 24.7 Å². The molecule has 1 aliphatic heterocycles. The highest BCUT2D eigenvalue weighted by Crippen LogP contribution is 2.30. The van der Waals surface area contributed by atoms with Crippen molar-refractivity contribution in [1.82, 2.24) is 14.8 Å². The van der Waals surface area contributed by atoms with Gasteiger partial charge >= 0.3 is 0 Å². The van der Waals surface area contributed by atoms with Crippen LogP contribution in [0.1, 0.15) is 22.3 Å². The van der Waals surface area contributed by atoms with E-state index in [-0.39, 0.29) is 0 Å². The standard InChI is InChI=1S/C15H18ClN5O/c1-20-8-11(6-19-20)4-10-2-3-21(9-10)15-13(16)5-12(7-18-15)14(17)22/h5-8,10H,2-4,9H2,1H3,(H2,17,22). The molecule has 2 aromatic rings. The van der Waals surface area contributed by atoms with E-state index in [0.29, 0.717) is 16.5 Å². The molecule has 2 N–H and O–H groups in total. The van der Waals surface area contributed by atoms with E-state index in [2.05, 4.69) is 21.2 Å². The zero-order chi connectivity index (χ0) is 15.7. The molecule has 0 radical (unpaired) electrons. The van der Waals surface area contributed by atoms with Crippen molar-refractivity contribution in [2.24, 2.45) is 18.7 Å². The Labute approximate surface area is 133 Å². The molecule has 1 atom stereocenters. The summed E-state index contributed by atoms with van der Waals surface area (Å²) in [6, 6.07) is 1.58. The van der Waals surface area contributed by atoms with E-state index in [4.69, 9.17) is 17.3 Å². The zero-order valence-electron chi connectivity index (χ0n) is 12.4. The second-order valence-electron chi connectivity index (χ2n) is 5.72. The van der Waals surface area contributed by atoms with Gasteiger partial charge in [-0.3, -0.25) is 9.48 Å². The Bertz CT molecular complexity index is 699. The number of nitrogens with two attached hydrogens (primary N) is 1. The van der Waals surface area contributed by atoms with Crippen LogP contribution in [0.25, 0.3) is 0 Å². The lowest BCUT2D eigenvalue weighted by Gasteiger charge is -2.19. The lowest BCUT2D eigenvalue weighted by atomic mass is 10.0. The van der Waals surface area contributed by atoms with Crippen molar-refractivity contribution in [3.05, 3.63) is 40.8 Å². The highest BCUT2D eigenvalue weighted by molar-refractivity contribution is 6.33. The number of hydrogen-bond donors (Lipinski definition) is 1. The molecule has 22 heavy (non-hydrogen) atoms. The average molecular weight is 320 g/mol. The number of hydrogen-bond acceptors (Lipinski definition) is 4. The summed E-state index contributed by atoms with van der Waals surface area (Å²) in [5.41, 5.74) is 6.82. The number of carbonyl (C=O) groups is 1. The van der Waals surface area contributed by atoms with E-state index in [1.807, 2.05) is 17.9 Å². The minimum Gasteiger partial charge on any atom is -0.366 e. The summed E-state index contributed by atoms with van der Waals surface area (Å²) in [7, 11) is 1.93. The van der Waals surface area contributed by atoms with Gasteiger partial charge in [0.05, 0.1) is 16.8 Å². The van der Waals surface area contributed by atoms with Crippen LogP contribution < -0.4 is 10.6 Å². The third-order valence-corrected chi connectivity index (χ3v) is 4.25. The fourth-order valence-corrected chi connectivity index (χ4v) is 3.19. The Kier molecular flexibility index (Phi) is 4.02. The zero-order valence-corrected chi connectivity index (χ0v) is 13.1. The van der Waals surface area contributed by atoms with Gasteiger partial charge in [0, 0.05) is 32.5 Å². The Morgan fingerprint density at radius 1 is 1.50 bits per heavy atom. The van der Waals surface area contributed by atoms with Crippen molar-refractivity contribution >= 4 is 23.3 Å². The maximum Gasteiger partial charge on any atom is 0.250 e. The van der Waals surface area contributed by atoms with Gasteiger partial charge in [-0.25, -0.2) is 4.98 Å². The number of pyridine rings is 1. The molecule has 1 aliphatic rings. The molecular formula is C15H18ClN5O. The normalized spacial score (nSPS) is 17.9. The van der Waals surface area contributed by atoms with Gasteiger partial charge in [-0.05, 0) is 30.4 Å². The highest BCUT2D eigenvalue weighted by Gasteiger charge is 2.25. The molecule has 3 rings (SSSR count). The maximum atomic E-state index is 11.1. The largest absolute Gasteiger partial charge is 0.366 e. The van der Waals surface area contributed by atoms with E-state index in [1.165, 1.54) is 11.8 Å². The number of anilines is 1. The molecule has 6 nitrogen and oxygen atoms in total. The lowest BCUT2D eigenvalue weighted by molar-refractivity contribution is 0.1000. The van der Waals surface area contributed by atoms with Gasteiger partial charge in [-0.2, -0.15) is 5.10 Å². The number of carbonyl (C=O) groups excluding carboxylic acids is 1. The smallest absolute Gasteiger partial charge is 0.250 e. The summed E-state index contributed by atoms with van der Waals surface area (Å²) in [5.74, 6) is 0.759. The van der Waals surface area contributed by atoms with E-state index in [9.17, 15) is 4.79 Å². The molecule has 116 valence electrons. The van der Waals surface area contributed by atoms with Crippen molar-refractivity contribution in [3.63, 3.8) is 0 Å². The summed E-state index contributed by atoms with van der Waals surface area (Å²) in [4.78, 5) is 17.6. The van der Waals surface area contributed by atoms with Crippen LogP contribution in [0.3, 0.4) is 0 Å². The molecule has 1 saturated heterocycles. The third kappa shape index (κ3) is 3.06. The lowest BCUT2D eigenvalue weighted by Crippen LogP contribution is -2.22. The monoisotopic (exact) mass is 319 g/mol. The first kappa shape index (κ1) is 14.8. The minimum absolute atomic E-state index is 0.333. The van der Waals surface area contributed by atoms with Crippen molar-refractivity contribution in [2.45, 2.75) is 12.8 Å². The number of halogens is 1. The highest BCUT2D eigenvalue weighted by atomic mass is 35.5. The SMILES string of the molecule is Cn1cc(CC2CCN(c3ncc(C(N)=O)cc3Cl)C2)cn1. The summed E-state index contributed by atoms with van der Waals surface area (Å²) < 4.78 is 1.82. The molecule has 2 aromatic heterocycles. The minimum atomic E-state index is -0.517. The van der Waals surface area contributed by atoms with Crippen molar-refractivity contribution in [2.75, 3.05) is 18.0 Å². The maximum absolute atomic E-state index is 11.1. The molecule has 0 bridgehead atoms. The molecule has 3 heterocycles. The number of amides is 1. The Morgan fingerprint density at radius 3 is 2.95 bits per heavy atom. The van der Waals surface area contributed by atoms with E-state index in [1.54, 1.807) is 6.07 Å². The van der Waals surface area contributed by atoms with Crippen LogP contribution in [-0.4, -0.2) is 33.8 Å². The second kappa shape index (κ2) is 5.96. The van der Waals surface area contributed by atoms with Gasteiger partial charge in [-0.1, -0.05) is 11.6 Å². The molecule has 0 spiro atoms. The number of nitrogens with zero attached hydrogens (tertiary/aromatic N) is 4. The Hall–Kier alpha value is -2.08. The summed E-state index contributed by atoms with van der Waals surface area (Å²) in [6.45, 7) is 1.81. The number of primary amides is 1.